The number of nitrogens with one attached hydrogen (secondary N) is 1. The summed E-state index contributed by atoms with van der Waals surface area (Å²) < 4.78 is 76.0. The number of sulfonamides is 1. The smallest absolute Gasteiger partial charge is 0.392 e. The van der Waals surface area contributed by atoms with Crippen molar-refractivity contribution in [1.82, 2.24) is 4.72 Å². The van der Waals surface area contributed by atoms with Crippen LogP contribution in [0.3, 0.4) is 0 Å². The predicted molar refractivity (Wildman–Crippen MR) is 86.4 cm³/mol. The lowest BCUT2D eigenvalue weighted by Gasteiger charge is -2.31. The number of carbonyl (C=O) groups is 1. The molecule has 1 amide bonds. The van der Waals surface area contributed by atoms with Crippen LogP contribution >= 0.6 is 0 Å². The molecule has 1 aliphatic carbocycles. The zero-order chi connectivity index (χ0) is 19.5. The molecule has 1 saturated carbocycles. The number of methoxy groups -OCH3 is 2. The Bertz CT molecular complexity index is 764. The quantitative estimate of drug-likeness (QED) is 0.829. The van der Waals surface area contributed by atoms with Gasteiger partial charge in [-0.15, -0.1) is 0 Å². The van der Waals surface area contributed by atoms with Gasteiger partial charge in [-0.2, -0.15) is 13.2 Å². The third kappa shape index (κ3) is 4.40. The fraction of sp³-hybridized carbons (Fsp3) is 0.562. The molecule has 0 saturated heterocycles. The second kappa shape index (κ2) is 7.73. The van der Waals surface area contributed by atoms with E-state index in [1.807, 2.05) is 0 Å². The van der Waals surface area contributed by atoms with Gasteiger partial charge in [-0.05, 0) is 25.0 Å². The predicted octanol–water partition coefficient (Wildman–Crippen LogP) is 2.88. The first-order valence-electron chi connectivity index (χ1n) is 7.95. The lowest BCUT2D eigenvalue weighted by Crippen LogP contribution is -2.44. The Kier molecular flexibility index (Phi) is 6.05. The average molecular weight is 395 g/mol. The van der Waals surface area contributed by atoms with Crippen molar-refractivity contribution in [2.75, 3.05) is 14.2 Å². The Balaban J connectivity index is 2.24. The minimum absolute atomic E-state index is 0.00252. The molecule has 1 aromatic rings. The topological polar surface area (TPSA) is 81.7 Å². The summed E-state index contributed by atoms with van der Waals surface area (Å²) in [6, 6.07) is 3.65. The van der Waals surface area contributed by atoms with Crippen LogP contribution in [-0.2, 0) is 14.8 Å². The summed E-state index contributed by atoms with van der Waals surface area (Å²) in [5.74, 6) is -3.99. The number of hydrogen-bond acceptors (Lipinski definition) is 5. The molecule has 1 fully saturated rings. The molecule has 1 aromatic carbocycles. The summed E-state index contributed by atoms with van der Waals surface area (Å²) in [6.45, 7) is 0. The minimum atomic E-state index is -4.55. The maximum Gasteiger partial charge on any atom is 0.392 e. The van der Waals surface area contributed by atoms with Gasteiger partial charge in [-0.1, -0.05) is 12.8 Å². The SMILES string of the molecule is COc1ccc(S(=O)(=O)NC(=O)C2CCCCC2C(F)(F)F)cc1OC. The molecular formula is C16H20F3NO5S. The van der Waals surface area contributed by atoms with E-state index >= 15 is 0 Å². The highest BCUT2D eigenvalue weighted by molar-refractivity contribution is 7.90. The number of rotatable bonds is 5. The van der Waals surface area contributed by atoms with E-state index in [0.717, 1.165) is 6.07 Å². The van der Waals surface area contributed by atoms with Gasteiger partial charge in [-0.3, -0.25) is 4.79 Å². The van der Waals surface area contributed by atoms with Gasteiger partial charge in [0.05, 0.1) is 31.0 Å². The number of alkyl halides is 3. The van der Waals surface area contributed by atoms with Gasteiger partial charge in [-0.25, -0.2) is 13.1 Å². The molecule has 0 aliphatic heterocycles. The maximum absolute atomic E-state index is 13.1. The second-order valence-electron chi connectivity index (χ2n) is 6.03. The summed E-state index contributed by atoms with van der Waals surface area (Å²) >= 11 is 0. The highest BCUT2D eigenvalue weighted by Gasteiger charge is 2.48. The lowest BCUT2D eigenvalue weighted by molar-refractivity contribution is -0.197. The highest BCUT2D eigenvalue weighted by atomic mass is 32.2. The summed E-state index contributed by atoms with van der Waals surface area (Å²) in [7, 11) is -1.66. The van der Waals surface area contributed by atoms with E-state index in [2.05, 4.69) is 0 Å². The molecule has 0 spiro atoms. The summed E-state index contributed by atoms with van der Waals surface area (Å²) in [5, 5.41) is 0. The summed E-state index contributed by atoms with van der Waals surface area (Å²) in [6.07, 6.45) is -3.93. The molecule has 1 N–H and O–H groups in total. The van der Waals surface area contributed by atoms with Gasteiger partial charge in [0, 0.05) is 6.07 Å². The van der Waals surface area contributed by atoms with Crippen molar-refractivity contribution < 1.29 is 35.9 Å². The van der Waals surface area contributed by atoms with E-state index in [0.29, 0.717) is 12.8 Å². The van der Waals surface area contributed by atoms with Crippen LogP contribution in [0.1, 0.15) is 25.7 Å². The fourth-order valence-electron chi connectivity index (χ4n) is 3.09. The van der Waals surface area contributed by atoms with Crippen LogP contribution < -0.4 is 14.2 Å². The van der Waals surface area contributed by atoms with Gasteiger partial charge < -0.3 is 9.47 Å². The van der Waals surface area contributed by atoms with Crippen LogP contribution in [0.2, 0.25) is 0 Å². The molecule has 0 radical (unpaired) electrons. The number of hydrogen-bond donors (Lipinski definition) is 1. The third-order valence-corrected chi connectivity index (χ3v) is 5.77. The monoisotopic (exact) mass is 395 g/mol. The molecule has 0 heterocycles. The van der Waals surface area contributed by atoms with Gasteiger partial charge in [0.15, 0.2) is 11.5 Å². The van der Waals surface area contributed by atoms with Gasteiger partial charge in [0.1, 0.15) is 0 Å². The standard InChI is InChI=1S/C16H20F3NO5S/c1-24-13-8-7-10(9-14(13)25-2)26(22,23)20-15(21)11-5-3-4-6-12(11)16(17,18)19/h7-9,11-12H,3-6H2,1-2H3,(H,20,21). The zero-order valence-electron chi connectivity index (χ0n) is 14.3. The van der Waals surface area contributed by atoms with Crippen molar-refractivity contribution in [3.8, 4) is 11.5 Å². The first-order valence-corrected chi connectivity index (χ1v) is 9.44. The van der Waals surface area contributed by atoms with E-state index in [1.165, 1.54) is 26.4 Å². The molecule has 0 aromatic heterocycles. The first-order chi connectivity index (χ1) is 12.1. The largest absolute Gasteiger partial charge is 0.493 e. The third-order valence-electron chi connectivity index (χ3n) is 4.42. The number of benzene rings is 1. The molecule has 6 nitrogen and oxygen atoms in total. The summed E-state index contributed by atoms with van der Waals surface area (Å²) in [4.78, 5) is 12.0. The van der Waals surface area contributed by atoms with Crippen molar-refractivity contribution in [2.45, 2.75) is 36.8 Å². The molecule has 10 heteroatoms. The molecule has 0 bridgehead atoms. The van der Waals surface area contributed by atoms with Crippen LogP contribution in [0.4, 0.5) is 13.2 Å². The van der Waals surface area contributed by atoms with E-state index in [-0.39, 0.29) is 29.2 Å². The molecule has 1 aliphatic rings. The number of carbonyl (C=O) groups excluding carboxylic acids is 1. The van der Waals surface area contributed by atoms with Gasteiger partial charge in [0.25, 0.3) is 10.0 Å². The van der Waals surface area contributed by atoms with Gasteiger partial charge in [0.2, 0.25) is 5.91 Å². The number of ether oxygens (including phenoxy) is 2. The van der Waals surface area contributed by atoms with Crippen molar-refractivity contribution in [3.05, 3.63) is 18.2 Å². The van der Waals surface area contributed by atoms with Crippen molar-refractivity contribution in [1.29, 1.82) is 0 Å². The van der Waals surface area contributed by atoms with Crippen LogP contribution in [0.25, 0.3) is 0 Å². The van der Waals surface area contributed by atoms with Crippen molar-refractivity contribution >= 4 is 15.9 Å². The van der Waals surface area contributed by atoms with E-state index in [9.17, 15) is 26.4 Å². The van der Waals surface area contributed by atoms with E-state index in [1.54, 1.807) is 4.72 Å². The Labute approximate surface area is 149 Å². The lowest BCUT2D eigenvalue weighted by atomic mass is 9.78. The molecule has 2 unspecified atom stereocenters. The Morgan fingerprint density at radius 2 is 1.73 bits per heavy atom. The fourth-order valence-corrected chi connectivity index (χ4v) is 4.13. The van der Waals surface area contributed by atoms with Crippen LogP contribution in [-0.4, -0.2) is 34.7 Å². The maximum atomic E-state index is 13.1. The second-order valence-corrected chi connectivity index (χ2v) is 7.71. The average Bonchev–Trinajstić information content (AvgIpc) is 2.59. The first kappa shape index (κ1) is 20.3. The number of halogens is 3. The van der Waals surface area contributed by atoms with Crippen LogP contribution in [0.5, 0.6) is 11.5 Å². The van der Waals surface area contributed by atoms with Crippen molar-refractivity contribution in [3.63, 3.8) is 0 Å². The molecular weight excluding hydrogens is 375 g/mol. The van der Waals surface area contributed by atoms with Crippen LogP contribution in [0.15, 0.2) is 23.1 Å². The molecule has 26 heavy (non-hydrogen) atoms. The van der Waals surface area contributed by atoms with Crippen LogP contribution in [0, 0.1) is 11.8 Å². The Hall–Kier alpha value is -1.97. The van der Waals surface area contributed by atoms with E-state index in [4.69, 9.17) is 9.47 Å². The zero-order valence-corrected chi connectivity index (χ0v) is 15.1. The molecule has 2 rings (SSSR count). The van der Waals surface area contributed by atoms with Gasteiger partial charge >= 0.3 is 6.18 Å². The van der Waals surface area contributed by atoms with E-state index < -0.39 is 33.9 Å². The number of amides is 1. The highest BCUT2D eigenvalue weighted by Crippen LogP contribution is 2.41. The van der Waals surface area contributed by atoms with Crippen molar-refractivity contribution in [2.24, 2.45) is 11.8 Å². The molecule has 2 atom stereocenters. The Morgan fingerprint density at radius 1 is 1.12 bits per heavy atom. The normalized spacial score (nSPS) is 21.1. The molecule has 146 valence electrons. The Morgan fingerprint density at radius 3 is 2.31 bits per heavy atom. The minimum Gasteiger partial charge on any atom is -0.493 e. The summed E-state index contributed by atoms with van der Waals surface area (Å²) in [5.41, 5.74) is 0.